The fourth-order valence-electron chi connectivity index (χ4n) is 8.03. The standard InChI is InChI=1S/C36H45N3O5/c1-6-21-37(27-17-10-9-11-18-27)32(41)28-29-33(42)39(23-12-13-24-40)31(36(29)20-19-35(28,8-3)44-36)34(43)38(22-7-2)30-25(4)15-14-16-26(30)5/h6-7,9-11,14-18,28-29,31,40H,1-2,8,12-13,19-24H2,3-5H3/t28-,29+,31?,35+,36?/m1/s1. The van der Waals surface area contributed by atoms with E-state index in [-0.39, 0.29) is 37.4 Å². The number of unbranched alkanes of at least 4 members (excludes halogenated alkanes) is 1. The third-order valence-electron chi connectivity index (χ3n) is 9.92. The van der Waals surface area contributed by atoms with Crippen molar-refractivity contribution in [2.75, 3.05) is 36.0 Å². The van der Waals surface area contributed by atoms with E-state index in [0.29, 0.717) is 38.6 Å². The molecule has 0 radical (unpaired) electrons. The van der Waals surface area contributed by atoms with Crippen LogP contribution in [0.1, 0.15) is 50.2 Å². The molecule has 3 heterocycles. The van der Waals surface area contributed by atoms with Crippen LogP contribution in [0.5, 0.6) is 0 Å². The number of aryl methyl sites for hydroxylation is 2. The Morgan fingerprint density at radius 1 is 0.977 bits per heavy atom. The Hall–Kier alpha value is -3.75. The van der Waals surface area contributed by atoms with Crippen LogP contribution in [-0.4, -0.2) is 71.2 Å². The van der Waals surface area contributed by atoms with E-state index in [1.54, 1.807) is 26.9 Å². The molecule has 0 aromatic heterocycles. The van der Waals surface area contributed by atoms with Gasteiger partial charge in [-0.2, -0.15) is 0 Å². The van der Waals surface area contributed by atoms with Gasteiger partial charge in [-0.05, 0) is 69.2 Å². The number of ether oxygens (including phenoxy) is 1. The first-order valence-corrected chi connectivity index (χ1v) is 15.8. The number of fused-ring (bicyclic) bond motifs is 1. The summed E-state index contributed by atoms with van der Waals surface area (Å²) >= 11 is 0. The molecule has 3 fully saturated rings. The predicted octanol–water partition coefficient (Wildman–Crippen LogP) is 4.97. The van der Waals surface area contributed by atoms with Gasteiger partial charge in [-0.25, -0.2) is 0 Å². The van der Waals surface area contributed by atoms with Gasteiger partial charge in [-0.3, -0.25) is 14.4 Å². The first kappa shape index (κ1) is 31.7. The Morgan fingerprint density at radius 2 is 1.64 bits per heavy atom. The Kier molecular flexibility index (Phi) is 9.14. The van der Waals surface area contributed by atoms with E-state index >= 15 is 0 Å². The number of carbonyl (C=O) groups is 3. The zero-order valence-electron chi connectivity index (χ0n) is 26.2. The number of anilines is 2. The molecule has 234 valence electrons. The van der Waals surface area contributed by atoms with E-state index in [1.807, 2.05) is 69.3 Å². The van der Waals surface area contributed by atoms with Gasteiger partial charge in [0.2, 0.25) is 11.8 Å². The summed E-state index contributed by atoms with van der Waals surface area (Å²) in [5, 5.41) is 9.54. The highest BCUT2D eigenvalue weighted by molar-refractivity contribution is 6.07. The number of nitrogens with zero attached hydrogens (tertiary/aromatic N) is 3. The summed E-state index contributed by atoms with van der Waals surface area (Å²) in [5.41, 5.74) is 1.42. The second-order valence-corrected chi connectivity index (χ2v) is 12.3. The van der Waals surface area contributed by atoms with Gasteiger partial charge >= 0.3 is 0 Å². The van der Waals surface area contributed by atoms with Crippen molar-refractivity contribution in [1.82, 2.24) is 4.90 Å². The molecule has 44 heavy (non-hydrogen) atoms. The number of benzene rings is 2. The first-order valence-electron chi connectivity index (χ1n) is 15.8. The van der Waals surface area contributed by atoms with Gasteiger partial charge in [0.1, 0.15) is 11.6 Å². The second kappa shape index (κ2) is 12.7. The lowest BCUT2D eigenvalue weighted by Gasteiger charge is -2.37. The number of hydrogen-bond acceptors (Lipinski definition) is 5. The minimum absolute atomic E-state index is 0.00957. The molecule has 2 aromatic carbocycles. The van der Waals surface area contributed by atoms with Crippen molar-refractivity contribution in [2.24, 2.45) is 11.8 Å². The maximum Gasteiger partial charge on any atom is 0.253 e. The quantitative estimate of drug-likeness (QED) is 0.260. The Labute approximate surface area is 261 Å². The molecule has 3 saturated heterocycles. The number of carbonyl (C=O) groups excluding carboxylic acids is 3. The summed E-state index contributed by atoms with van der Waals surface area (Å²) in [6.45, 7) is 14.6. The molecule has 1 N–H and O–H groups in total. The summed E-state index contributed by atoms with van der Waals surface area (Å²) in [6.07, 6.45) is 6.06. The monoisotopic (exact) mass is 599 g/mol. The summed E-state index contributed by atoms with van der Waals surface area (Å²) < 4.78 is 7.03. The van der Waals surface area contributed by atoms with Crippen molar-refractivity contribution in [3.05, 3.63) is 85.0 Å². The molecule has 3 aliphatic rings. The van der Waals surface area contributed by atoms with Crippen molar-refractivity contribution >= 4 is 29.1 Å². The maximum atomic E-state index is 14.9. The Bertz CT molecular complexity index is 1410. The molecular formula is C36H45N3O5. The topological polar surface area (TPSA) is 90.4 Å². The molecule has 1 spiro atoms. The lowest BCUT2D eigenvalue weighted by atomic mass is 9.64. The van der Waals surface area contributed by atoms with Crippen molar-refractivity contribution < 1.29 is 24.2 Å². The van der Waals surface area contributed by atoms with Crippen molar-refractivity contribution in [3.63, 3.8) is 0 Å². The Morgan fingerprint density at radius 3 is 2.25 bits per heavy atom. The summed E-state index contributed by atoms with van der Waals surface area (Å²) in [6, 6.07) is 14.4. The lowest BCUT2D eigenvalue weighted by molar-refractivity contribution is -0.146. The lowest BCUT2D eigenvalue weighted by Crippen LogP contribution is -2.57. The third-order valence-corrected chi connectivity index (χ3v) is 9.92. The van der Waals surface area contributed by atoms with Gasteiger partial charge in [-0.1, -0.05) is 55.5 Å². The molecule has 2 aromatic rings. The van der Waals surface area contributed by atoms with Gasteiger partial charge in [0.05, 0.1) is 17.4 Å². The van der Waals surface area contributed by atoms with Crippen LogP contribution in [0.4, 0.5) is 11.4 Å². The Balaban J connectivity index is 1.63. The number of amides is 3. The van der Waals surface area contributed by atoms with Crippen LogP contribution in [0.3, 0.4) is 0 Å². The van der Waals surface area contributed by atoms with Crippen LogP contribution >= 0.6 is 0 Å². The normalized spacial score (nSPS) is 26.9. The van der Waals surface area contributed by atoms with Crippen LogP contribution in [0, 0.1) is 25.7 Å². The highest BCUT2D eigenvalue weighted by atomic mass is 16.5. The zero-order chi connectivity index (χ0) is 31.6. The minimum atomic E-state index is -1.14. The molecule has 3 aliphatic heterocycles. The van der Waals surface area contributed by atoms with E-state index in [4.69, 9.17) is 4.74 Å². The van der Waals surface area contributed by atoms with Crippen molar-refractivity contribution in [1.29, 1.82) is 0 Å². The molecule has 8 heteroatoms. The van der Waals surface area contributed by atoms with E-state index in [1.165, 1.54) is 0 Å². The molecule has 2 unspecified atom stereocenters. The van der Waals surface area contributed by atoms with E-state index < -0.39 is 29.1 Å². The highest BCUT2D eigenvalue weighted by Crippen LogP contribution is 2.65. The molecule has 0 saturated carbocycles. The average Bonchev–Trinajstić information content (AvgIpc) is 3.63. The maximum absolute atomic E-state index is 14.9. The van der Waals surface area contributed by atoms with Gasteiger partial charge in [-0.15, -0.1) is 13.2 Å². The van der Waals surface area contributed by atoms with E-state index in [0.717, 1.165) is 22.5 Å². The van der Waals surface area contributed by atoms with Gasteiger partial charge in [0, 0.05) is 37.6 Å². The number of hydrogen-bond donors (Lipinski definition) is 1. The van der Waals surface area contributed by atoms with Crippen LogP contribution in [0.2, 0.25) is 0 Å². The van der Waals surface area contributed by atoms with Crippen LogP contribution in [0.15, 0.2) is 73.8 Å². The predicted molar refractivity (Wildman–Crippen MR) is 172 cm³/mol. The van der Waals surface area contributed by atoms with Gasteiger partial charge in [0.15, 0.2) is 0 Å². The highest BCUT2D eigenvalue weighted by Gasteiger charge is 2.79. The average molecular weight is 600 g/mol. The molecule has 5 rings (SSSR count). The van der Waals surface area contributed by atoms with E-state index in [2.05, 4.69) is 13.2 Å². The van der Waals surface area contributed by atoms with Gasteiger partial charge in [0.25, 0.3) is 5.91 Å². The molecule has 8 nitrogen and oxygen atoms in total. The second-order valence-electron chi connectivity index (χ2n) is 12.3. The largest absolute Gasteiger partial charge is 0.396 e. The fraction of sp³-hybridized carbons (Fsp3) is 0.472. The van der Waals surface area contributed by atoms with E-state index in [9.17, 15) is 19.5 Å². The smallest absolute Gasteiger partial charge is 0.253 e. The van der Waals surface area contributed by atoms with Gasteiger partial charge < -0.3 is 24.5 Å². The van der Waals surface area contributed by atoms with Crippen molar-refractivity contribution in [3.8, 4) is 0 Å². The number of likely N-dealkylation sites (tertiary alicyclic amines) is 1. The minimum Gasteiger partial charge on any atom is -0.396 e. The fourth-order valence-corrected chi connectivity index (χ4v) is 8.03. The molecule has 3 amide bonds. The zero-order valence-corrected chi connectivity index (χ0v) is 26.2. The third kappa shape index (κ3) is 4.98. The number of aliphatic hydroxyl groups excluding tert-OH is 1. The molecule has 5 atom stereocenters. The SMILES string of the molecule is C=CCN(C(=O)[C@H]1[C@H]2C(=O)N(CCCCO)C(C(=O)N(CC=C)c3c(C)cccc3C)C23CC[C@]1(CC)O3)c1ccccc1. The molecule has 2 bridgehead atoms. The first-order chi connectivity index (χ1) is 21.2. The number of aliphatic hydroxyl groups is 1. The summed E-state index contributed by atoms with van der Waals surface area (Å²) in [4.78, 5) is 49.3. The molecular weight excluding hydrogens is 554 g/mol. The number of rotatable bonds is 13. The van der Waals surface area contributed by atoms with Crippen LogP contribution in [-0.2, 0) is 19.1 Å². The van der Waals surface area contributed by atoms with Crippen molar-refractivity contribution in [2.45, 2.75) is 70.1 Å². The molecule has 0 aliphatic carbocycles. The summed E-state index contributed by atoms with van der Waals surface area (Å²) in [5.74, 6) is -2.18. The number of para-hydroxylation sites is 2. The summed E-state index contributed by atoms with van der Waals surface area (Å²) in [7, 11) is 0. The van der Waals surface area contributed by atoms with Crippen LogP contribution in [0.25, 0.3) is 0 Å². The van der Waals surface area contributed by atoms with Crippen LogP contribution < -0.4 is 9.80 Å².